The molecule has 1 aliphatic rings. The summed E-state index contributed by atoms with van der Waals surface area (Å²) in [6.07, 6.45) is -4.02. The van der Waals surface area contributed by atoms with Gasteiger partial charge in [-0.3, -0.25) is 14.2 Å². The molecule has 0 amide bonds. The minimum absolute atomic E-state index is 0.00765. The zero-order valence-corrected chi connectivity index (χ0v) is 28.8. The van der Waals surface area contributed by atoms with Crippen LogP contribution in [-0.4, -0.2) is 90.8 Å². The smallest absolute Gasteiger partial charge is 0.323 e. The van der Waals surface area contributed by atoms with Gasteiger partial charge in [-0.25, -0.2) is 14.5 Å². The Morgan fingerprint density at radius 2 is 2.02 bits per heavy atom. The molecule has 0 radical (unpaired) electrons. The van der Waals surface area contributed by atoms with Crippen LogP contribution in [0, 0.1) is 5.41 Å². The van der Waals surface area contributed by atoms with Crippen LogP contribution in [0.5, 0.6) is 5.88 Å². The molecule has 19 heteroatoms. The van der Waals surface area contributed by atoms with Gasteiger partial charge in [0.05, 0.1) is 32.3 Å². The molecule has 0 saturated carbocycles. The largest absolute Gasteiger partial charge is 0.476 e. The van der Waals surface area contributed by atoms with E-state index in [2.05, 4.69) is 20.0 Å². The van der Waals surface area contributed by atoms with Gasteiger partial charge >= 0.3 is 5.97 Å². The maximum Gasteiger partial charge on any atom is 0.323 e. The Balaban J connectivity index is 1.78. The van der Waals surface area contributed by atoms with Crippen LogP contribution >= 0.6 is 30.0 Å². The number of ether oxygens (including phenoxy) is 3. The minimum atomic E-state index is -3.51. The fourth-order valence-corrected chi connectivity index (χ4v) is 7.40. The van der Waals surface area contributed by atoms with Gasteiger partial charge in [-0.05, 0) is 39.5 Å². The predicted molar refractivity (Wildman–Crippen MR) is 167 cm³/mol. The normalized spacial score (nSPS) is 24.4. The van der Waals surface area contributed by atoms with Crippen LogP contribution in [0.4, 0.5) is 10.3 Å². The van der Waals surface area contributed by atoms with E-state index in [-0.39, 0.29) is 53.2 Å². The number of hydrogen-bond acceptors (Lipinski definition) is 14. The van der Waals surface area contributed by atoms with Gasteiger partial charge in [0.15, 0.2) is 22.5 Å². The number of nitrogens with one attached hydrogen (secondary N) is 1. The van der Waals surface area contributed by atoms with Gasteiger partial charge in [-0.1, -0.05) is 44.1 Å². The maximum absolute atomic E-state index is 15.9. The van der Waals surface area contributed by atoms with Crippen molar-refractivity contribution in [3.8, 4) is 5.88 Å². The number of esters is 1. The highest BCUT2D eigenvalue weighted by Crippen LogP contribution is 2.49. The maximum atomic E-state index is 15.9. The quantitative estimate of drug-likeness (QED) is 0.113. The number of nitrogen functional groups attached to an aromatic ring is 1. The molecule has 2 aromatic heterocycles. The molecule has 1 unspecified atom stereocenters. The summed E-state index contributed by atoms with van der Waals surface area (Å²) in [5.74, 6) is -0.412. The molecule has 248 valence electrons. The van der Waals surface area contributed by atoms with E-state index in [1.807, 2.05) is 0 Å². The summed E-state index contributed by atoms with van der Waals surface area (Å²) in [4.78, 5) is 37.1. The second kappa shape index (κ2) is 14.8. The van der Waals surface area contributed by atoms with Gasteiger partial charge in [-0.2, -0.15) is 9.97 Å². The van der Waals surface area contributed by atoms with Crippen molar-refractivity contribution in [1.82, 2.24) is 24.6 Å². The van der Waals surface area contributed by atoms with Crippen LogP contribution in [0.15, 0.2) is 6.33 Å². The fraction of sp³-hybridized carbons (Fsp3) is 0.720. The molecule has 0 aliphatic carbocycles. The molecule has 1 fully saturated rings. The fourth-order valence-electron chi connectivity index (χ4n) is 3.84. The lowest BCUT2D eigenvalue weighted by atomic mass is 10.00. The third kappa shape index (κ3) is 8.97. The van der Waals surface area contributed by atoms with Crippen LogP contribution in [-0.2, 0) is 39.9 Å². The van der Waals surface area contributed by atoms with E-state index in [1.165, 1.54) is 17.8 Å². The summed E-state index contributed by atoms with van der Waals surface area (Å²) in [6.45, 7) is 8.33. The first-order valence-corrected chi connectivity index (χ1v) is 17.8. The van der Waals surface area contributed by atoms with E-state index in [0.717, 1.165) is 11.8 Å². The Hall–Kier alpha value is -1.69. The first-order valence-electron chi connectivity index (χ1n) is 13.8. The van der Waals surface area contributed by atoms with Crippen molar-refractivity contribution in [3.05, 3.63) is 6.33 Å². The lowest BCUT2D eigenvalue weighted by Crippen LogP contribution is -2.39. The van der Waals surface area contributed by atoms with Crippen LogP contribution < -0.4 is 15.6 Å². The van der Waals surface area contributed by atoms with Gasteiger partial charge in [-0.15, -0.1) is 0 Å². The van der Waals surface area contributed by atoms with Crippen LogP contribution in [0.1, 0.15) is 54.7 Å². The van der Waals surface area contributed by atoms with Crippen molar-refractivity contribution in [1.29, 1.82) is 0 Å². The number of nitrogens with two attached hydrogens (primary N) is 1. The third-order valence-electron chi connectivity index (χ3n) is 5.98. The van der Waals surface area contributed by atoms with E-state index < -0.39 is 54.2 Å². The molecule has 44 heavy (non-hydrogen) atoms. The Bertz CT molecular complexity index is 1380. The lowest BCUT2D eigenvalue weighted by Gasteiger charge is -2.28. The Kier molecular flexibility index (Phi) is 12.4. The predicted octanol–water partition coefficient (Wildman–Crippen LogP) is 3.46. The summed E-state index contributed by atoms with van der Waals surface area (Å²) in [5.41, 5.74) is 5.51. The van der Waals surface area contributed by atoms with E-state index in [1.54, 1.807) is 41.5 Å². The monoisotopic (exact) mass is 700 g/mol. The van der Waals surface area contributed by atoms with E-state index in [9.17, 15) is 14.7 Å². The first-order chi connectivity index (χ1) is 20.4. The van der Waals surface area contributed by atoms with Crippen molar-refractivity contribution >= 4 is 70.0 Å². The van der Waals surface area contributed by atoms with Gasteiger partial charge in [0, 0.05) is 11.2 Å². The number of thioether (sulfide) groups is 1. The molecular formula is C25H39ClFN6O8PS2. The second-order valence-corrected chi connectivity index (χ2v) is 16.0. The Labute approximate surface area is 269 Å². The molecule has 0 aromatic carbocycles. The van der Waals surface area contributed by atoms with Crippen LogP contribution in [0.2, 0.25) is 0 Å². The number of hydrogen-bond donors (Lipinski definition) is 3. The van der Waals surface area contributed by atoms with E-state index in [0.29, 0.717) is 0 Å². The Morgan fingerprint density at radius 3 is 2.64 bits per heavy atom. The number of carbonyl (C=O) groups is 2. The summed E-state index contributed by atoms with van der Waals surface area (Å²) >= 11 is 12.9. The van der Waals surface area contributed by atoms with Gasteiger partial charge < -0.3 is 34.1 Å². The number of anilines is 1. The average molecular weight is 701 g/mol. The number of imidazole rings is 1. The van der Waals surface area contributed by atoms with Gasteiger partial charge in [0.25, 0.3) is 11.8 Å². The summed E-state index contributed by atoms with van der Waals surface area (Å²) in [5, 5.41) is 10.8. The number of nitrogens with zero attached hydrogens (tertiary/aromatic N) is 4. The molecule has 14 nitrogen and oxygen atoms in total. The zero-order valence-electron chi connectivity index (χ0n) is 25.5. The van der Waals surface area contributed by atoms with Gasteiger partial charge in [0.2, 0.25) is 11.8 Å². The van der Waals surface area contributed by atoms with Crippen molar-refractivity contribution in [2.24, 2.45) is 5.41 Å². The molecule has 3 rings (SSSR count). The molecule has 1 saturated heterocycles. The van der Waals surface area contributed by atoms with Gasteiger partial charge in [0.1, 0.15) is 18.2 Å². The number of halogens is 2. The van der Waals surface area contributed by atoms with E-state index in [4.69, 9.17) is 52.4 Å². The SMILES string of the molecule is CCOc1nc(N)nc2c1ncn2[C@@H]1O[C@H](COP(=S)(N[C@H](C)C(=O)OC(C)C)OCCSC(=O)C(C)(C)C)[C@@H](O)[C@@]1(F)Cl. The number of aromatic nitrogens is 4. The molecule has 4 N–H and O–H groups in total. The molecule has 2 aromatic rings. The number of carbonyl (C=O) groups excluding carboxylic acids is 2. The highest BCUT2D eigenvalue weighted by atomic mass is 35.5. The summed E-state index contributed by atoms with van der Waals surface area (Å²) in [6, 6.07) is -0.940. The Morgan fingerprint density at radius 1 is 1.34 bits per heavy atom. The minimum Gasteiger partial charge on any atom is -0.476 e. The zero-order chi connectivity index (χ0) is 33.0. The summed E-state index contributed by atoms with van der Waals surface area (Å²) < 4.78 is 45.3. The van der Waals surface area contributed by atoms with Crippen molar-refractivity contribution in [2.45, 2.75) is 84.2 Å². The number of alkyl halides is 2. The molecular weight excluding hydrogens is 662 g/mol. The number of fused-ring (bicyclic) bond motifs is 1. The highest BCUT2D eigenvalue weighted by Gasteiger charge is 2.58. The molecule has 6 atom stereocenters. The number of aliphatic hydroxyl groups is 1. The van der Waals surface area contributed by atoms with Crippen molar-refractivity contribution in [2.75, 3.05) is 31.3 Å². The highest BCUT2D eigenvalue weighted by molar-refractivity contribution is 8.13. The van der Waals surface area contributed by atoms with Crippen molar-refractivity contribution < 1.29 is 42.3 Å². The first kappa shape index (κ1) is 36.8. The standard InChI is InChI=1S/C25H39ClFN6O8PS2/c1-8-37-19-16-18(30-23(28)31-19)33(12-29-16)21-25(26,27)17(34)15(41-21)11-39-42(43,32-14(4)20(35)40-13(2)3)38-9-10-44-22(36)24(5,6)7/h12-15,17,21,34H,8-11H2,1-7H3,(H,32,43)(H2,28,30,31)/t14-,15-,17-,21-,25+,42?/m1/s1. The molecule has 0 spiro atoms. The van der Waals surface area contributed by atoms with Crippen LogP contribution in [0.3, 0.4) is 0 Å². The lowest BCUT2D eigenvalue weighted by molar-refractivity contribution is -0.149. The molecule has 3 heterocycles. The van der Waals surface area contributed by atoms with E-state index >= 15 is 4.39 Å². The number of aliphatic hydroxyl groups excluding tert-OH is 1. The third-order valence-corrected chi connectivity index (χ3v) is 10.3. The van der Waals surface area contributed by atoms with Crippen LogP contribution in [0.25, 0.3) is 11.2 Å². The molecule has 0 bridgehead atoms. The number of rotatable bonds is 14. The summed E-state index contributed by atoms with van der Waals surface area (Å²) in [7, 11) is 0. The van der Waals surface area contributed by atoms with Crippen molar-refractivity contribution in [3.63, 3.8) is 0 Å². The second-order valence-electron chi connectivity index (χ2n) is 11.1. The molecule has 1 aliphatic heterocycles. The average Bonchev–Trinajstić information content (AvgIpc) is 3.42. The topological polar surface area (TPSA) is 182 Å².